The number of carboxylic acids is 1. The van der Waals surface area contributed by atoms with Crippen molar-refractivity contribution in [3.63, 3.8) is 0 Å². The van der Waals surface area contributed by atoms with Crippen LogP contribution < -0.4 is 10.6 Å². The Hall–Kier alpha value is -4.37. The minimum atomic E-state index is -0.989. The third kappa shape index (κ3) is 9.57. The molecule has 0 aliphatic heterocycles. The molecule has 0 spiro atoms. The van der Waals surface area contributed by atoms with Gasteiger partial charge in [-0.2, -0.15) is 12.6 Å². The van der Waals surface area contributed by atoms with Crippen LogP contribution in [0.5, 0.6) is 0 Å². The third-order valence-corrected chi connectivity index (χ3v) is 7.91. The largest absolute Gasteiger partial charge is 0.478 e. The van der Waals surface area contributed by atoms with Crippen LogP contribution in [0.3, 0.4) is 0 Å². The van der Waals surface area contributed by atoms with Gasteiger partial charge in [0.2, 0.25) is 5.91 Å². The molecule has 0 radical (unpaired) electrons. The summed E-state index contributed by atoms with van der Waals surface area (Å²) in [5.41, 5.74) is 3.59. The lowest BCUT2D eigenvalue weighted by molar-refractivity contribution is -0.122. The molecule has 44 heavy (non-hydrogen) atoms. The normalized spacial score (nSPS) is 12.3. The van der Waals surface area contributed by atoms with E-state index in [0.29, 0.717) is 37.3 Å². The first-order valence-corrected chi connectivity index (χ1v) is 15.6. The highest BCUT2D eigenvalue weighted by Crippen LogP contribution is 2.16. The second-order valence-corrected chi connectivity index (χ2v) is 11.3. The van der Waals surface area contributed by atoms with Gasteiger partial charge in [0.05, 0.1) is 11.8 Å². The van der Waals surface area contributed by atoms with Crippen LogP contribution in [0, 0.1) is 0 Å². The summed E-state index contributed by atoms with van der Waals surface area (Å²) in [5.74, 6) is -0.182. The highest BCUT2D eigenvalue weighted by atomic mass is 32.1. The van der Waals surface area contributed by atoms with Crippen molar-refractivity contribution in [2.75, 3.05) is 5.75 Å². The molecule has 8 nitrogen and oxygen atoms in total. The monoisotopic (exact) mass is 612 g/mol. The van der Waals surface area contributed by atoms with Crippen molar-refractivity contribution in [3.05, 3.63) is 125 Å². The summed E-state index contributed by atoms with van der Waals surface area (Å²) in [6.07, 6.45) is 5.45. The van der Waals surface area contributed by atoms with E-state index in [1.807, 2.05) is 65.2 Å². The molecule has 0 aliphatic rings. The number of carboxylic acid groups (broad SMARTS) is 1. The quantitative estimate of drug-likeness (QED) is 0.127. The molecule has 0 bridgehead atoms. The predicted molar refractivity (Wildman–Crippen MR) is 175 cm³/mol. The van der Waals surface area contributed by atoms with Crippen molar-refractivity contribution in [1.29, 1.82) is 0 Å². The Morgan fingerprint density at radius 3 is 2.02 bits per heavy atom. The van der Waals surface area contributed by atoms with Crippen molar-refractivity contribution >= 4 is 30.4 Å². The van der Waals surface area contributed by atoms with Gasteiger partial charge in [-0.05, 0) is 48.1 Å². The number of aromatic nitrogens is 2. The minimum Gasteiger partial charge on any atom is -0.478 e. The Labute approximate surface area is 264 Å². The zero-order chi connectivity index (χ0) is 31.3. The van der Waals surface area contributed by atoms with Crippen LogP contribution in [-0.2, 0) is 30.6 Å². The first-order valence-electron chi connectivity index (χ1n) is 15.0. The summed E-state index contributed by atoms with van der Waals surface area (Å²) in [6.45, 7) is 2.47. The number of amides is 2. The zero-order valence-electron chi connectivity index (χ0n) is 25.0. The average Bonchev–Trinajstić information content (AvgIpc) is 3.43. The van der Waals surface area contributed by atoms with Crippen molar-refractivity contribution in [2.45, 2.75) is 64.1 Å². The number of nitrogens with one attached hydrogen (secondary N) is 2. The summed E-state index contributed by atoms with van der Waals surface area (Å²) in [4.78, 5) is 43.0. The smallest absolute Gasteiger partial charge is 0.335 e. The molecule has 0 fully saturated rings. The van der Waals surface area contributed by atoms with Crippen LogP contribution in [0.4, 0.5) is 0 Å². The van der Waals surface area contributed by atoms with Crippen molar-refractivity contribution < 1.29 is 19.5 Å². The van der Waals surface area contributed by atoms with Crippen LogP contribution in [0.15, 0.2) is 91.1 Å². The van der Waals surface area contributed by atoms with Gasteiger partial charge >= 0.3 is 5.97 Å². The van der Waals surface area contributed by atoms with E-state index < -0.39 is 12.0 Å². The van der Waals surface area contributed by atoms with Gasteiger partial charge in [0.15, 0.2) is 0 Å². The van der Waals surface area contributed by atoms with E-state index >= 15 is 0 Å². The van der Waals surface area contributed by atoms with E-state index in [9.17, 15) is 19.5 Å². The molecule has 0 saturated carbocycles. The third-order valence-electron chi connectivity index (χ3n) is 7.47. The number of rotatable bonds is 16. The molecular weight excluding hydrogens is 572 g/mol. The highest BCUT2D eigenvalue weighted by molar-refractivity contribution is 7.80. The van der Waals surface area contributed by atoms with Gasteiger partial charge in [-0.3, -0.25) is 9.59 Å². The van der Waals surface area contributed by atoms with E-state index in [0.717, 1.165) is 35.4 Å². The number of carbonyl (C=O) groups excluding carboxylic acids is 2. The number of nitrogens with zero attached hydrogens (tertiary/aromatic N) is 2. The predicted octanol–water partition coefficient (Wildman–Crippen LogP) is 5.36. The first-order chi connectivity index (χ1) is 21.4. The Kier molecular flexibility index (Phi) is 12.2. The molecule has 1 aromatic heterocycles. The number of benzene rings is 3. The summed E-state index contributed by atoms with van der Waals surface area (Å²) in [7, 11) is 0. The number of unbranched alkanes of at least 4 members (excludes halogenated alkanes) is 1. The fourth-order valence-electron chi connectivity index (χ4n) is 5.14. The van der Waals surface area contributed by atoms with Gasteiger partial charge in [0, 0.05) is 37.2 Å². The molecule has 4 aromatic rings. The molecule has 230 valence electrons. The number of imidazole rings is 1. The Balaban J connectivity index is 1.52. The SMILES string of the molecule is CCCCc1ncc(C(=O)NC(CC(=O)NC(CS)Cc2ccccc2)Cc2ccccc2)n1Cc1ccc(C(=O)O)cc1. The molecule has 2 atom stereocenters. The minimum absolute atomic E-state index is 0.104. The first kappa shape index (κ1) is 32.5. The average molecular weight is 613 g/mol. The molecule has 3 N–H and O–H groups in total. The summed E-state index contributed by atoms with van der Waals surface area (Å²) < 4.78 is 1.89. The topological polar surface area (TPSA) is 113 Å². The van der Waals surface area contributed by atoms with E-state index in [1.54, 1.807) is 30.5 Å². The molecule has 0 saturated heterocycles. The van der Waals surface area contributed by atoms with E-state index in [1.165, 1.54) is 0 Å². The Morgan fingerprint density at radius 1 is 0.841 bits per heavy atom. The van der Waals surface area contributed by atoms with Crippen LogP contribution in [0.2, 0.25) is 0 Å². The van der Waals surface area contributed by atoms with Gasteiger partial charge in [-0.15, -0.1) is 0 Å². The van der Waals surface area contributed by atoms with Crippen LogP contribution in [0.1, 0.15) is 69.5 Å². The summed E-state index contributed by atoms with van der Waals surface area (Å²) in [5, 5.41) is 15.5. The van der Waals surface area contributed by atoms with Crippen molar-refractivity contribution in [2.24, 2.45) is 0 Å². The Bertz CT molecular complexity index is 1510. The second-order valence-electron chi connectivity index (χ2n) is 11.0. The van der Waals surface area contributed by atoms with E-state index in [-0.39, 0.29) is 29.8 Å². The van der Waals surface area contributed by atoms with Crippen LogP contribution in [0.25, 0.3) is 0 Å². The standard InChI is InChI=1S/C35H40N4O4S/c1-2-3-14-32-36-22-31(39(32)23-27-15-17-28(18-16-27)35(42)43)34(41)38-29(19-25-10-6-4-7-11-25)21-33(40)37-30(24-44)20-26-12-8-5-9-13-26/h4-13,15-18,22,29-30,44H,2-3,14,19-21,23-24H2,1H3,(H,37,40)(H,38,41)(H,42,43). The van der Waals surface area contributed by atoms with Crippen molar-refractivity contribution in [1.82, 2.24) is 20.2 Å². The lowest BCUT2D eigenvalue weighted by Gasteiger charge is -2.22. The molecule has 1 heterocycles. The molecule has 3 aromatic carbocycles. The van der Waals surface area contributed by atoms with Gasteiger partial charge < -0.3 is 20.3 Å². The number of hydrogen-bond donors (Lipinski definition) is 4. The summed E-state index contributed by atoms with van der Waals surface area (Å²) >= 11 is 4.47. The molecule has 9 heteroatoms. The molecular formula is C35H40N4O4S. The van der Waals surface area contributed by atoms with Crippen LogP contribution in [-0.4, -0.2) is 50.3 Å². The zero-order valence-corrected chi connectivity index (χ0v) is 25.9. The lowest BCUT2D eigenvalue weighted by atomic mass is 10.0. The van der Waals surface area contributed by atoms with Gasteiger partial charge in [0.1, 0.15) is 11.5 Å². The van der Waals surface area contributed by atoms with Gasteiger partial charge in [-0.25, -0.2) is 9.78 Å². The maximum absolute atomic E-state index is 13.8. The fraction of sp³-hybridized carbons (Fsp3) is 0.314. The maximum atomic E-state index is 13.8. The highest BCUT2D eigenvalue weighted by Gasteiger charge is 2.23. The number of aryl methyl sites for hydroxylation is 1. The second kappa shape index (κ2) is 16.5. The van der Waals surface area contributed by atoms with Crippen molar-refractivity contribution in [3.8, 4) is 0 Å². The van der Waals surface area contributed by atoms with E-state index in [4.69, 9.17) is 0 Å². The number of aromatic carboxylic acids is 1. The summed E-state index contributed by atoms with van der Waals surface area (Å²) in [6, 6.07) is 25.8. The maximum Gasteiger partial charge on any atom is 0.335 e. The molecule has 4 rings (SSSR count). The fourth-order valence-corrected chi connectivity index (χ4v) is 5.36. The van der Waals surface area contributed by atoms with E-state index in [2.05, 4.69) is 35.2 Å². The molecule has 2 amide bonds. The Morgan fingerprint density at radius 2 is 1.45 bits per heavy atom. The molecule has 0 aliphatic carbocycles. The van der Waals surface area contributed by atoms with Crippen LogP contribution >= 0.6 is 12.6 Å². The lowest BCUT2D eigenvalue weighted by Crippen LogP contribution is -2.44. The number of thiol groups is 1. The van der Waals surface area contributed by atoms with Gasteiger partial charge in [0.25, 0.3) is 5.91 Å². The van der Waals surface area contributed by atoms with Gasteiger partial charge in [-0.1, -0.05) is 86.1 Å². The number of carbonyl (C=O) groups is 3. The number of hydrogen-bond acceptors (Lipinski definition) is 5. The molecule has 2 unspecified atom stereocenters.